The van der Waals surface area contributed by atoms with Gasteiger partial charge < -0.3 is 15.1 Å². The summed E-state index contributed by atoms with van der Waals surface area (Å²) in [6.07, 6.45) is 1.28. The molecule has 0 spiro atoms. The molecule has 1 aromatic rings. The van der Waals surface area contributed by atoms with Crippen LogP contribution in [-0.2, 0) is 21.4 Å². The zero-order valence-electron chi connectivity index (χ0n) is 10.6. The third-order valence-electron chi connectivity index (χ3n) is 3.00. The molecule has 1 amide bonds. The first-order chi connectivity index (χ1) is 9.01. The molecule has 1 saturated heterocycles. The Bertz CT molecular complexity index is 542. The number of piperidine rings is 1. The number of rotatable bonds is 5. The van der Waals surface area contributed by atoms with Crippen LogP contribution < -0.4 is 15.4 Å². The number of furan rings is 1. The number of hydrogen-bond donors (Lipinski definition) is 3. The quantitative estimate of drug-likeness (QED) is 0.681. The Balaban J connectivity index is 1.89. The average Bonchev–Trinajstić information content (AvgIpc) is 2.88. The smallest absolute Gasteiger partial charge is 0.273 e. The average molecular weight is 287 g/mol. The molecule has 1 unspecified atom stereocenters. The molecule has 0 saturated carbocycles. The largest absolute Gasteiger partial charge is 0.447 e. The van der Waals surface area contributed by atoms with Crippen molar-refractivity contribution in [3.8, 4) is 0 Å². The Kier molecular flexibility index (Phi) is 4.23. The van der Waals surface area contributed by atoms with Crippen molar-refractivity contribution in [1.82, 2.24) is 15.4 Å². The van der Waals surface area contributed by atoms with Gasteiger partial charge in [0.25, 0.3) is 10.0 Å². The zero-order valence-corrected chi connectivity index (χ0v) is 11.4. The van der Waals surface area contributed by atoms with E-state index < -0.39 is 10.0 Å². The number of amides is 1. The second-order valence-electron chi connectivity index (χ2n) is 4.35. The fourth-order valence-electron chi connectivity index (χ4n) is 1.85. The van der Waals surface area contributed by atoms with Gasteiger partial charge in [0.05, 0.1) is 6.54 Å². The lowest BCUT2D eigenvalue weighted by Crippen LogP contribution is -2.45. The monoisotopic (exact) mass is 287 g/mol. The van der Waals surface area contributed by atoms with E-state index in [0.29, 0.717) is 25.3 Å². The summed E-state index contributed by atoms with van der Waals surface area (Å²) in [5, 5.41) is 5.89. The number of carbonyl (C=O) groups is 1. The van der Waals surface area contributed by atoms with Crippen LogP contribution >= 0.6 is 0 Å². The van der Waals surface area contributed by atoms with Crippen LogP contribution in [0.1, 0.15) is 18.6 Å². The molecule has 0 aromatic carbocycles. The van der Waals surface area contributed by atoms with Crippen LogP contribution in [0, 0.1) is 0 Å². The molecular formula is C11H17N3O4S. The molecule has 1 aliphatic heterocycles. The third kappa shape index (κ3) is 3.55. The van der Waals surface area contributed by atoms with Crippen LogP contribution in [0.15, 0.2) is 21.6 Å². The molecule has 1 atom stereocenters. The van der Waals surface area contributed by atoms with Crippen LogP contribution in [0.3, 0.4) is 0 Å². The molecule has 1 fully saturated rings. The topological polar surface area (TPSA) is 100 Å². The maximum Gasteiger partial charge on any atom is 0.273 e. The first kappa shape index (κ1) is 14.0. The maximum absolute atomic E-state index is 11.5. The Hall–Kier alpha value is -1.38. The predicted octanol–water partition coefficient (Wildman–Crippen LogP) is -0.444. The number of hydrogen-bond acceptors (Lipinski definition) is 5. The fourth-order valence-corrected chi connectivity index (χ4v) is 2.52. The zero-order chi connectivity index (χ0) is 13.9. The van der Waals surface area contributed by atoms with E-state index in [9.17, 15) is 13.2 Å². The van der Waals surface area contributed by atoms with Gasteiger partial charge in [-0.2, -0.15) is 0 Å². The Labute approximate surface area is 111 Å². The summed E-state index contributed by atoms with van der Waals surface area (Å²) in [7, 11) is -2.20. The van der Waals surface area contributed by atoms with E-state index in [4.69, 9.17) is 4.42 Å². The van der Waals surface area contributed by atoms with Crippen molar-refractivity contribution in [2.24, 2.45) is 0 Å². The molecule has 2 rings (SSSR count). The number of carbonyl (C=O) groups excluding carboxylic acids is 1. The molecule has 7 nitrogen and oxygen atoms in total. The van der Waals surface area contributed by atoms with Crippen LogP contribution in [0.25, 0.3) is 0 Å². The lowest BCUT2D eigenvalue weighted by atomic mass is 10.1. The molecule has 0 aliphatic carbocycles. The van der Waals surface area contributed by atoms with Gasteiger partial charge in [0.2, 0.25) is 11.0 Å². The molecule has 1 aromatic heterocycles. The fraction of sp³-hybridized carbons (Fsp3) is 0.545. The highest BCUT2D eigenvalue weighted by Crippen LogP contribution is 2.13. The highest BCUT2D eigenvalue weighted by molar-refractivity contribution is 7.89. The first-order valence-electron chi connectivity index (χ1n) is 6.03. The summed E-state index contributed by atoms with van der Waals surface area (Å²) >= 11 is 0. The van der Waals surface area contributed by atoms with E-state index in [0.717, 1.165) is 6.42 Å². The molecule has 106 valence electrons. The number of sulfonamides is 1. The van der Waals surface area contributed by atoms with Gasteiger partial charge in [0, 0.05) is 19.0 Å². The summed E-state index contributed by atoms with van der Waals surface area (Å²) in [5.74, 6) is 0.615. The second-order valence-corrected chi connectivity index (χ2v) is 6.17. The van der Waals surface area contributed by atoms with E-state index in [2.05, 4.69) is 15.4 Å². The van der Waals surface area contributed by atoms with Gasteiger partial charge >= 0.3 is 0 Å². The second kappa shape index (κ2) is 5.72. The highest BCUT2D eigenvalue weighted by Gasteiger charge is 2.19. The lowest BCUT2D eigenvalue weighted by Gasteiger charge is -2.22. The van der Waals surface area contributed by atoms with Crippen LogP contribution in [0.4, 0.5) is 0 Å². The highest BCUT2D eigenvalue weighted by atomic mass is 32.2. The van der Waals surface area contributed by atoms with Gasteiger partial charge in [0.1, 0.15) is 5.76 Å². The van der Waals surface area contributed by atoms with Crippen molar-refractivity contribution in [3.05, 3.63) is 17.9 Å². The Morgan fingerprint density at radius 3 is 2.89 bits per heavy atom. The first-order valence-corrected chi connectivity index (χ1v) is 7.52. The minimum Gasteiger partial charge on any atom is -0.447 e. The molecule has 1 aliphatic rings. The van der Waals surface area contributed by atoms with Crippen molar-refractivity contribution in [1.29, 1.82) is 0 Å². The summed E-state index contributed by atoms with van der Waals surface area (Å²) in [6, 6.07) is 3.23. The molecule has 0 radical (unpaired) electrons. The van der Waals surface area contributed by atoms with E-state index in [1.54, 1.807) is 6.07 Å². The van der Waals surface area contributed by atoms with E-state index in [-0.39, 0.29) is 17.0 Å². The van der Waals surface area contributed by atoms with Gasteiger partial charge in [0.15, 0.2) is 0 Å². The van der Waals surface area contributed by atoms with Gasteiger partial charge in [-0.05, 0) is 25.6 Å². The molecular weight excluding hydrogens is 270 g/mol. The Morgan fingerprint density at radius 1 is 1.47 bits per heavy atom. The predicted molar refractivity (Wildman–Crippen MR) is 67.8 cm³/mol. The standard InChI is InChI=1S/C11H17N3O4S/c1-12-19(16,17)11-5-3-9(18-11)7-13-8-2-4-10(15)14-6-8/h3,5,8,12-13H,2,4,6-7H2,1H3,(H,14,15). The van der Waals surface area contributed by atoms with Crippen molar-refractivity contribution in [3.63, 3.8) is 0 Å². The van der Waals surface area contributed by atoms with E-state index in [1.165, 1.54) is 13.1 Å². The molecule has 3 N–H and O–H groups in total. The van der Waals surface area contributed by atoms with E-state index in [1.807, 2.05) is 0 Å². The van der Waals surface area contributed by atoms with Gasteiger partial charge in [-0.25, -0.2) is 13.1 Å². The third-order valence-corrected chi connectivity index (χ3v) is 4.29. The SMILES string of the molecule is CNS(=O)(=O)c1ccc(CNC2CCC(=O)NC2)o1. The lowest BCUT2D eigenvalue weighted by molar-refractivity contribution is -0.122. The van der Waals surface area contributed by atoms with Crippen LogP contribution in [-0.4, -0.2) is 34.0 Å². The van der Waals surface area contributed by atoms with Crippen LogP contribution in [0.5, 0.6) is 0 Å². The van der Waals surface area contributed by atoms with Gasteiger partial charge in [-0.1, -0.05) is 0 Å². The summed E-state index contributed by atoms with van der Waals surface area (Å²) in [6.45, 7) is 1.01. The molecule has 0 bridgehead atoms. The maximum atomic E-state index is 11.5. The van der Waals surface area contributed by atoms with Crippen molar-refractivity contribution in [2.75, 3.05) is 13.6 Å². The van der Waals surface area contributed by atoms with Crippen LogP contribution in [0.2, 0.25) is 0 Å². The molecule has 2 heterocycles. The minimum absolute atomic E-state index is 0.0680. The normalized spacial score (nSPS) is 20.3. The number of nitrogens with one attached hydrogen (secondary N) is 3. The molecule has 19 heavy (non-hydrogen) atoms. The molecule has 8 heteroatoms. The summed E-state index contributed by atoms with van der Waals surface area (Å²) in [5.41, 5.74) is 0. The van der Waals surface area contributed by atoms with Crippen molar-refractivity contribution < 1.29 is 17.6 Å². The Morgan fingerprint density at radius 2 is 2.26 bits per heavy atom. The van der Waals surface area contributed by atoms with Crippen molar-refractivity contribution in [2.45, 2.75) is 30.5 Å². The summed E-state index contributed by atoms with van der Waals surface area (Å²) in [4.78, 5) is 11.0. The van der Waals surface area contributed by atoms with Gasteiger partial charge in [-0.3, -0.25) is 4.79 Å². The van der Waals surface area contributed by atoms with Crippen molar-refractivity contribution >= 4 is 15.9 Å². The summed E-state index contributed by atoms with van der Waals surface area (Å²) < 4.78 is 30.4. The minimum atomic E-state index is -3.53. The van der Waals surface area contributed by atoms with E-state index >= 15 is 0 Å². The van der Waals surface area contributed by atoms with Gasteiger partial charge in [-0.15, -0.1) is 0 Å².